The van der Waals surface area contributed by atoms with Crippen LogP contribution in [0.3, 0.4) is 0 Å². The van der Waals surface area contributed by atoms with E-state index in [2.05, 4.69) is 20.7 Å². The maximum Gasteiger partial charge on any atom is 0.262 e. The first-order chi connectivity index (χ1) is 12.5. The van der Waals surface area contributed by atoms with E-state index in [1.54, 1.807) is 30.5 Å². The van der Waals surface area contributed by atoms with Gasteiger partial charge in [-0.15, -0.1) is 0 Å². The van der Waals surface area contributed by atoms with E-state index in [0.29, 0.717) is 21.4 Å². The normalized spacial score (nSPS) is 11.4. The van der Waals surface area contributed by atoms with Crippen LogP contribution in [0.2, 0.25) is 10.0 Å². The quantitative estimate of drug-likeness (QED) is 0.499. The molecule has 0 unspecified atom stereocenters. The largest absolute Gasteiger partial charge is 0.384 e. The smallest absolute Gasteiger partial charge is 0.262 e. The number of halogens is 2. The van der Waals surface area contributed by atoms with Crippen LogP contribution in [0.1, 0.15) is 10.4 Å². The number of nitrogens with one attached hydrogen (secondary N) is 3. The second-order valence-corrected chi connectivity index (χ2v) is 5.97. The Morgan fingerprint density at radius 2 is 2.12 bits per heavy atom. The molecule has 1 amide bonds. The first-order valence-electron chi connectivity index (χ1n) is 7.32. The number of aromatic nitrogens is 3. The molecule has 0 atom stereocenters. The van der Waals surface area contributed by atoms with Crippen molar-refractivity contribution in [1.29, 1.82) is 5.41 Å². The Balaban J connectivity index is 1.86. The number of hydrogen-bond donors (Lipinski definition) is 4. The van der Waals surface area contributed by atoms with E-state index in [1.807, 2.05) is 0 Å². The lowest BCUT2D eigenvalue weighted by Crippen LogP contribution is -2.27. The van der Waals surface area contributed by atoms with Gasteiger partial charge in [-0.3, -0.25) is 4.79 Å². The fourth-order valence-corrected chi connectivity index (χ4v) is 2.51. The molecule has 0 saturated heterocycles. The Bertz CT molecular complexity index is 1030. The number of nitrogen functional groups attached to an aromatic ring is 1. The van der Waals surface area contributed by atoms with Crippen molar-refractivity contribution >= 4 is 52.5 Å². The van der Waals surface area contributed by atoms with Crippen LogP contribution in [0.15, 0.2) is 48.6 Å². The van der Waals surface area contributed by atoms with Crippen molar-refractivity contribution in [2.75, 3.05) is 11.1 Å². The first-order valence-corrected chi connectivity index (χ1v) is 8.07. The summed E-state index contributed by atoms with van der Waals surface area (Å²) in [4.78, 5) is 16.7. The van der Waals surface area contributed by atoms with E-state index in [9.17, 15) is 4.79 Å². The fourth-order valence-electron chi connectivity index (χ4n) is 2.17. The third-order valence-corrected chi connectivity index (χ3v) is 3.90. The minimum Gasteiger partial charge on any atom is -0.384 e. The summed E-state index contributed by atoms with van der Waals surface area (Å²) in [6.07, 6.45) is 5.37. The van der Waals surface area contributed by atoms with Gasteiger partial charge in [0.15, 0.2) is 5.65 Å². The Labute approximate surface area is 158 Å². The molecule has 3 aromatic rings. The maximum absolute atomic E-state index is 12.6. The van der Waals surface area contributed by atoms with Crippen LogP contribution in [0, 0.1) is 5.41 Å². The molecule has 0 radical (unpaired) electrons. The zero-order chi connectivity index (χ0) is 18.7. The number of carbonyl (C=O) groups is 1. The average Bonchev–Trinajstić information content (AvgIpc) is 3.01. The van der Waals surface area contributed by atoms with Crippen LogP contribution in [0.25, 0.3) is 5.65 Å². The molecule has 0 aliphatic carbocycles. The van der Waals surface area contributed by atoms with Crippen molar-refractivity contribution in [3.63, 3.8) is 0 Å². The predicted molar refractivity (Wildman–Crippen MR) is 102 cm³/mol. The van der Waals surface area contributed by atoms with Crippen molar-refractivity contribution in [2.24, 2.45) is 0 Å². The lowest BCUT2D eigenvalue weighted by Gasteiger charge is -2.13. The Morgan fingerprint density at radius 3 is 2.88 bits per heavy atom. The molecule has 1 aromatic carbocycles. The van der Waals surface area contributed by atoms with Gasteiger partial charge in [-0.2, -0.15) is 5.10 Å². The lowest BCUT2D eigenvalue weighted by atomic mass is 10.3. The second kappa shape index (κ2) is 7.42. The van der Waals surface area contributed by atoms with E-state index in [0.717, 1.165) is 6.21 Å². The monoisotopic (exact) mass is 389 g/mol. The molecule has 10 heteroatoms. The van der Waals surface area contributed by atoms with E-state index in [4.69, 9.17) is 34.3 Å². The van der Waals surface area contributed by atoms with Gasteiger partial charge in [-0.25, -0.2) is 9.50 Å². The van der Waals surface area contributed by atoms with Gasteiger partial charge in [0.25, 0.3) is 5.91 Å². The number of benzene rings is 1. The molecule has 2 aromatic heterocycles. The molecule has 0 fully saturated rings. The van der Waals surface area contributed by atoms with Crippen molar-refractivity contribution in [1.82, 2.24) is 19.9 Å². The number of hydrogen-bond acceptors (Lipinski definition) is 6. The van der Waals surface area contributed by atoms with Gasteiger partial charge in [0, 0.05) is 17.4 Å². The summed E-state index contributed by atoms with van der Waals surface area (Å²) in [5.41, 5.74) is 6.70. The molecule has 0 spiro atoms. The standard InChI is InChI=1S/C16H13Cl2N7O/c17-9-1-2-11(18)12(7-9)22-14(3-5-19)24-16(26)10-8-21-25-6-4-13(20)23-15(10)25/h1-8,19,22H,(H2,20,23)(H,24,26)/b14-3+,19-5?. The summed E-state index contributed by atoms with van der Waals surface area (Å²) in [7, 11) is 0. The highest BCUT2D eigenvalue weighted by molar-refractivity contribution is 6.35. The summed E-state index contributed by atoms with van der Waals surface area (Å²) in [6.45, 7) is 0. The van der Waals surface area contributed by atoms with Gasteiger partial charge >= 0.3 is 0 Å². The predicted octanol–water partition coefficient (Wildman–Crippen LogP) is 2.95. The molecule has 0 saturated carbocycles. The number of fused-ring (bicyclic) bond motifs is 1. The molecular formula is C16H13Cl2N7O. The number of nitrogens with two attached hydrogens (primary N) is 1. The summed E-state index contributed by atoms with van der Waals surface area (Å²) in [6, 6.07) is 6.44. The Hall–Kier alpha value is -3.10. The number of nitrogens with zero attached hydrogens (tertiary/aromatic N) is 3. The number of carbonyl (C=O) groups excluding carboxylic acids is 1. The topological polar surface area (TPSA) is 121 Å². The number of rotatable bonds is 5. The summed E-state index contributed by atoms with van der Waals surface area (Å²) in [5, 5.41) is 17.8. The zero-order valence-electron chi connectivity index (χ0n) is 13.2. The number of anilines is 2. The maximum atomic E-state index is 12.6. The number of allylic oxidation sites excluding steroid dienone is 1. The Kier molecular flexibility index (Phi) is 5.06. The van der Waals surface area contributed by atoms with Gasteiger partial charge in [0.1, 0.15) is 17.2 Å². The molecule has 0 aliphatic heterocycles. The minimum atomic E-state index is -0.475. The molecule has 5 N–H and O–H groups in total. The molecule has 0 bridgehead atoms. The van der Waals surface area contributed by atoms with Gasteiger partial charge < -0.3 is 21.8 Å². The average molecular weight is 390 g/mol. The fraction of sp³-hybridized carbons (Fsp3) is 0. The minimum absolute atomic E-state index is 0.229. The van der Waals surface area contributed by atoms with Gasteiger partial charge in [0.2, 0.25) is 0 Å². The molecule has 8 nitrogen and oxygen atoms in total. The van der Waals surface area contributed by atoms with Crippen LogP contribution in [0.4, 0.5) is 11.5 Å². The van der Waals surface area contributed by atoms with Gasteiger partial charge in [-0.1, -0.05) is 23.2 Å². The highest BCUT2D eigenvalue weighted by Crippen LogP contribution is 2.26. The third-order valence-electron chi connectivity index (χ3n) is 3.33. The highest BCUT2D eigenvalue weighted by Gasteiger charge is 2.16. The van der Waals surface area contributed by atoms with Crippen LogP contribution in [-0.2, 0) is 0 Å². The van der Waals surface area contributed by atoms with Crippen LogP contribution < -0.4 is 16.4 Å². The van der Waals surface area contributed by atoms with Crippen LogP contribution >= 0.6 is 23.2 Å². The molecule has 3 rings (SSSR count). The van der Waals surface area contributed by atoms with Gasteiger partial charge in [-0.05, 0) is 30.3 Å². The second-order valence-electron chi connectivity index (χ2n) is 5.13. The van der Waals surface area contributed by atoms with Crippen molar-refractivity contribution in [3.8, 4) is 0 Å². The summed E-state index contributed by atoms with van der Waals surface area (Å²) in [5.74, 6) is 0.0282. The van der Waals surface area contributed by atoms with E-state index in [1.165, 1.54) is 16.8 Å². The SMILES string of the molecule is N=C/C=C(/NC(=O)c1cnn2ccc(N)nc12)Nc1cc(Cl)ccc1Cl. The molecule has 2 heterocycles. The molecular weight excluding hydrogens is 377 g/mol. The molecule has 132 valence electrons. The third kappa shape index (κ3) is 3.76. The van der Waals surface area contributed by atoms with Crippen molar-refractivity contribution < 1.29 is 4.79 Å². The van der Waals surface area contributed by atoms with Gasteiger partial charge in [0.05, 0.1) is 16.9 Å². The first kappa shape index (κ1) is 17.7. The highest BCUT2D eigenvalue weighted by atomic mass is 35.5. The number of amides is 1. The molecule has 26 heavy (non-hydrogen) atoms. The lowest BCUT2D eigenvalue weighted by molar-refractivity contribution is 0.0968. The van der Waals surface area contributed by atoms with Crippen LogP contribution in [-0.4, -0.2) is 26.7 Å². The zero-order valence-corrected chi connectivity index (χ0v) is 14.7. The summed E-state index contributed by atoms with van der Waals surface area (Å²) >= 11 is 12.1. The van der Waals surface area contributed by atoms with Crippen molar-refractivity contribution in [3.05, 3.63) is 64.2 Å². The van der Waals surface area contributed by atoms with E-state index in [-0.39, 0.29) is 17.2 Å². The van der Waals surface area contributed by atoms with Crippen LogP contribution in [0.5, 0.6) is 0 Å². The van der Waals surface area contributed by atoms with Crippen molar-refractivity contribution in [2.45, 2.75) is 0 Å². The summed E-state index contributed by atoms with van der Waals surface area (Å²) < 4.78 is 1.44. The van der Waals surface area contributed by atoms with E-state index >= 15 is 0 Å². The van der Waals surface area contributed by atoms with E-state index < -0.39 is 5.91 Å². The molecule has 0 aliphatic rings. The Morgan fingerprint density at radius 1 is 1.31 bits per heavy atom.